The molecular weight excluding hydrogens is 198 g/mol. The number of rotatable bonds is 8. The normalized spacial score (nSPS) is 10.5. The molecule has 0 spiro atoms. The molecule has 2 N–H and O–H groups in total. The summed E-state index contributed by atoms with van der Waals surface area (Å²) in [6.07, 6.45) is 3.51. The van der Waals surface area contributed by atoms with Crippen LogP contribution in [0.4, 0.5) is 0 Å². The van der Waals surface area contributed by atoms with E-state index in [-0.39, 0.29) is 0 Å². The van der Waals surface area contributed by atoms with E-state index in [9.17, 15) is 9.59 Å². The summed E-state index contributed by atoms with van der Waals surface area (Å²) in [6.45, 7) is 3.86. The number of hydrogen-bond acceptors (Lipinski definition) is 3. The zero-order chi connectivity index (χ0) is 11.5. The summed E-state index contributed by atoms with van der Waals surface area (Å²) in [7, 11) is 0. The predicted octanol–water partition coefficient (Wildman–Crippen LogP) is 0.560. The third kappa shape index (κ3) is 10.6. The Morgan fingerprint density at radius 2 is 2.07 bits per heavy atom. The summed E-state index contributed by atoms with van der Waals surface area (Å²) in [5.74, 6) is -1.52. The molecule has 0 aromatic carbocycles. The number of carboxylic acids is 1. The molecule has 5 nitrogen and oxygen atoms in total. The summed E-state index contributed by atoms with van der Waals surface area (Å²) < 4.78 is 5.20. The minimum Gasteiger partial charge on any atom is -0.478 e. The van der Waals surface area contributed by atoms with Crippen LogP contribution in [-0.4, -0.2) is 36.7 Å². The summed E-state index contributed by atoms with van der Waals surface area (Å²) in [6, 6.07) is 0. The molecule has 15 heavy (non-hydrogen) atoms. The van der Waals surface area contributed by atoms with Crippen molar-refractivity contribution >= 4 is 11.9 Å². The average molecular weight is 215 g/mol. The molecule has 0 aliphatic carbocycles. The molecule has 1 amide bonds. The van der Waals surface area contributed by atoms with Gasteiger partial charge in [0.2, 0.25) is 5.91 Å². The van der Waals surface area contributed by atoms with Gasteiger partial charge in [0, 0.05) is 31.9 Å². The van der Waals surface area contributed by atoms with Crippen LogP contribution < -0.4 is 5.32 Å². The van der Waals surface area contributed by atoms with E-state index < -0.39 is 11.9 Å². The van der Waals surface area contributed by atoms with Gasteiger partial charge in [-0.3, -0.25) is 4.79 Å². The Morgan fingerprint density at radius 3 is 2.67 bits per heavy atom. The molecular formula is C10H17NO4. The molecule has 0 fully saturated rings. The first kappa shape index (κ1) is 13.6. The fraction of sp³-hybridized carbons (Fsp3) is 0.600. The molecule has 0 aromatic rings. The van der Waals surface area contributed by atoms with Crippen LogP contribution in [0.1, 0.15) is 19.8 Å². The molecule has 0 aromatic heterocycles. The van der Waals surface area contributed by atoms with Gasteiger partial charge in [-0.1, -0.05) is 6.92 Å². The first-order valence-corrected chi connectivity index (χ1v) is 4.93. The second-order valence-corrected chi connectivity index (χ2v) is 2.93. The molecule has 0 aliphatic rings. The van der Waals surface area contributed by atoms with E-state index >= 15 is 0 Å². The van der Waals surface area contributed by atoms with Crippen LogP contribution in [-0.2, 0) is 14.3 Å². The molecule has 0 saturated heterocycles. The lowest BCUT2D eigenvalue weighted by Gasteiger charge is -2.02. The molecule has 0 radical (unpaired) electrons. The lowest BCUT2D eigenvalue weighted by molar-refractivity contribution is -0.131. The zero-order valence-electron chi connectivity index (χ0n) is 8.86. The second-order valence-electron chi connectivity index (χ2n) is 2.93. The maximum Gasteiger partial charge on any atom is 0.328 e. The number of aliphatic carboxylic acids is 1. The van der Waals surface area contributed by atoms with Crippen molar-refractivity contribution in [1.82, 2.24) is 5.32 Å². The fourth-order valence-electron chi connectivity index (χ4n) is 0.838. The van der Waals surface area contributed by atoms with Crippen molar-refractivity contribution in [3.63, 3.8) is 0 Å². The highest BCUT2D eigenvalue weighted by Gasteiger charge is 1.95. The van der Waals surface area contributed by atoms with Gasteiger partial charge < -0.3 is 15.2 Å². The Labute approximate surface area is 89.1 Å². The van der Waals surface area contributed by atoms with Crippen LogP contribution >= 0.6 is 0 Å². The SMILES string of the molecule is CCCOCCCNC(=O)/C=C/C(=O)O. The maximum absolute atomic E-state index is 10.9. The van der Waals surface area contributed by atoms with Crippen molar-refractivity contribution in [2.24, 2.45) is 0 Å². The molecule has 0 heterocycles. The molecule has 86 valence electrons. The number of carbonyl (C=O) groups is 2. The highest BCUT2D eigenvalue weighted by molar-refractivity contribution is 5.93. The molecule has 0 aliphatic heterocycles. The van der Waals surface area contributed by atoms with Crippen LogP contribution in [0, 0.1) is 0 Å². The minimum atomic E-state index is -1.13. The Hall–Kier alpha value is -1.36. The Balaban J connectivity index is 3.35. The predicted molar refractivity (Wildman–Crippen MR) is 55.5 cm³/mol. The highest BCUT2D eigenvalue weighted by Crippen LogP contribution is 1.84. The summed E-state index contributed by atoms with van der Waals surface area (Å²) in [5.41, 5.74) is 0. The molecule has 5 heteroatoms. The van der Waals surface area contributed by atoms with E-state index in [1.807, 2.05) is 6.92 Å². The lowest BCUT2D eigenvalue weighted by Crippen LogP contribution is -2.23. The molecule has 0 saturated carbocycles. The van der Waals surface area contributed by atoms with E-state index in [0.29, 0.717) is 13.2 Å². The Morgan fingerprint density at radius 1 is 1.33 bits per heavy atom. The van der Waals surface area contributed by atoms with Gasteiger partial charge in [0.25, 0.3) is 0 Å². The van der Waals surface area contributed by atoms with Gasteiger partial charge in [-0.15, -0.1) is 0 Å². The van der Waals surface area contributed by atoms with Gasteiger partial charge in [-0.25, -0.2) is 4.79 Å². The molecule has 0 unspecified atom stereocenters. The Kier molecular flexibility index (Phi) is 8.37. The Bertz CT molecular complexity index is 225. The van der Waals surface area contributed by atoms with Crippen molar-refractivity contribution < 1.29 is 19.4 Å². The van der Waals surface area contributed by atoms with Crippen LogP contribution in [0.5, 0.6) is 0 Å². The third-order valence-electron chi connectivity index (χ3n) is 1.49. The minimum absolute atomic E-state index is 0.395. The molecule has 0 bridgehead atoms. The molecule has 0 rings (SSSR count). The van der Waals surface area contributed by atoms with Gasteiger partial charge >= 0.3 is 5.97 Å². The fourth-order valence-corrected chi connectivity index (χ4v) is 0.838. The zero-order valence-corrected chi connectivity index (χ0v) is 8.86. The standard InChI is InChI=1S/C10H17NO4/c1-2-7-15-8-3-6-11-9(12)4-5-10(13)14/h4-5H,2-3,6-8H2,1H3,(H,11,12)(H,13,14)/b5-4+. The van der Waals surface area contributed by atoms with Gasteiger partial charge in [-0.2, -0.15) is 0 Å². The molecule has 0 atom stereocenters. The van der Waals surface area contributed by atoms with Gasteiger partial charge in [0.15, 0.2) is 0 Å². The summed E-state index contributed by atoms with van der Waals surface area (Å²) >= 11 is 0. The second kappa shape index (κ2) is 9.21. The van der Waals surface area contributed by atoms with E-state index in [1.54, 1.807) is 0 Å². The van der Waals surface area contributed by atoms with Crippen molar-refractivity contribution in [1.29, 1.82) is 0 Å². The maximum atomic E-state index is 10.9. The average Bonchev–Trinajstić information content (AvgIpc) is 2.20. The number of amides is 1. The van der Waals surface area contributed by atoms with Crippen molar-refractivity contribution in [2.75, 3.05) is 19.8 Å². The number of hydrogen-bond donors (Lipinski definition) is 2. The first-order valence-electron chi connectivity index (χ1n) is 4.93. The van der Waals surface area contributed by atoms with Gasteiger partial charge in [0.05, 0.1) is 0 Å². The van der Waals surface area contributed by atoms with E-state index in [1.165, 1.54) is 0 Å². The lowest BCUT2D eigenvalue weighted by atomic mass is 10.4. The topological polar surface area (TPSA) is 75.6 Å². The van der Waals surface area contributed by atoms with Gasteiger partial charge in [-0.05, 0) is 12.8 Å². The smallest absolute Gasteiger partial charge is 0.328 e. The summed E-state index contributed by atoms with van der Waals surface area (Å²) in [4.78, 5) is 21.0. The summed E-state index contributed by atoms with van der Waals surface area (Å²) in [5, 5.41) is 10.8. The van der Waals surface area contributed by atoms with Crippen molar-refractivity contribution in [3.05, 3.63) is 12.2 Å². The quantitative estimate of drug-likeness (QED) is 0.458. The number of carboxylic acid groups (broad SMARTS) is 1. The van der Waals surface area contributed by atoms with Gasteiger partial charge in [0.1, 0.15) is 0 Å². The highest BCUT2D eigenvalue weighted by atomic mass is 16.5. The van der Waals surface area contributed by atoms with Crippen LogP contribution in [0.15, 0.2) is 12.2 Å². The van der Waals surface area contributed by atoms with Crippen LogP contribution in [0.3, 0.4) is 0 Å². The van der Waals surface area contributed by atoms with Crippen molar-refractivity contribution in [3.8, 4) is 0 Å². The van der Waals surface area contributed by atoms with Crippen LogP contribution in [0.25, 0.3) is 0 Å². The number of nitrogens with one attached hydrogen (secondary N) is 1. The third-order valence-corrected chi connectivity index (χ3v) is 1.49. The van der Waals surface area contributed by atoms with Crippen molar-refractivity contribution in [2.45, 2.75) is 19.8 Å². The van der Waals surface area contributed by atoms with E-state index in [4.69, 9.17) is 9.84 Å². The van der Waals surface area contributed by atoms with E-state index in [0.717, 1.165) is 31.6 Å². The number of carbonyl (C=O) groups excluding carboxylic acids is 1. The van der Waals surface area contributed by atoms with Crippen LogP contribution in [0.2, 0.25) is 0 Å². The first-order chi connectivity index (χ1) is 7.16. The largest absolute Gasteiger partial charge is 0.478 e. The monoisotopic (exact) mass is 215 g/mol. The number of ether oxygens (including phenoxy) is 1. The van der Waals surface area contributed by atoms with E-state index in [2.05, 4.69) is 5.32 Å².